The number of aryl methyl sites for hydroxylation is 2. The van der Waals surface area contributed by atoms with Gasteiger partial charge in [-0.25, -0.2) is 4.79 Å². The lowest BCUT2D eigenvalue weighted by Crippen LogP contribution is -2.51. The fraction of sp³-hybridized carbons (Fsp3) is 0.450. The molecule has 1 aromatic heterocycles. The number of aromatic nitrogens is 2. The first-order valence-electron chi connectivity index (χ1n) is 9.16. The van der Waals surface area contributed by atoms with Crippen molar-refractivity contribution in [1.29, 1.82) is 0 Å². The molecule has 1 heterocycles. The lowest BCUT2D eigenvalue weighted by atomic mass is 9.71. The van der Waals surface area contributed by atoms with E-state index in [0.29, 0.717) is 36.2 Å². The molecule has 150 valence electrons. The largest absolute Gasteiger partial charge is 0.416 e. The molecule has 0 radical (unpaired) electrons. The number of rotatable bonds is 5. The molecular formula is C20H22F3N3O2. The number of amides is 1. The van der Waals surface area contributed by atoms with Crippen molar-refractivity contribution in [3.05, 3.63) is 62.8 Å². The molecule has 3 rings (SSSR count). The maximum atomic E-state index is 13.0. The molecule has 1 saturated carbocycles. The second-order valence-electron chi connectivity index (χ2n) is 7.29. The molecule has 1 aliphatic rings. The molecule has 0 unspecified atom stereocenters. The molecule has 5 nitrogen and oxygen atoms in total. The summed E-state index contributed by atoms with van der Waals surface area (Å²) in [6, 6.07) is 5.17. The van der Waals surface area contributed by atoms with E-state index < -0.39 is 23.0 Å². The normalized spacial score (nSPS) is 15.8. The highest BCUT2D eigenvalue weighted by atomic mass is 19.4. The zero-order chi connectivity index (χ0) is 20.5. The van der Waals surface area contributed by atoms with Crippen LogP contribution in [0.5, 0.6) is 0 Å². The van der Waals surface area contributed by atoms with Crippen LogP contribution in [0.3, 0.4) is 0 Å². The Morgan fingerprint density at radius 3 is 2.57 bits per heavy atom. The van der Waals surface area contributed by atoms with Gasteiger partial charge in [-0.3, -0.25) is 4.79 Å². The SMILES string of the molecule is Cc1nc(=O)[nH]c(C)c1CCC(=O)NC1(c2cccc(C(F)(F)F)c2)CCC1. The third-order valence-corrected chi connectivity index (χ3v) is 5.38. The van der Waals surface area contributed by atoms with Crippen LogP contribution in [0.1, 0.15) is 53.8 Å². The van der Waals surface area contributed by atoms with Gasteiger partial charge in [-0.2, -0.15) is 18.2 Å². The molecule has 28 heavy (non-hydrogen) atoms. The average molecular weight is 393 g/mol. The summed E-state index contributed by atoms with van der Waals surface area (Å²) in [6.07, 6.45) is -1.80. The molecule has 0 atom stereocenters. The zero-order valence-electron chi connectivity index (χ0n) is 15.7. The Morgan fingerprint density at radius 2 is 2.00 bits per heavy atom. The summed E-state index contributed by atoms with van der Waals surface area (Å²) in [4.78, 5) is 30.4. The van der Waals surface area contributed by atoms with E-state index in [-0.39, 0.29) is 12.3 Å². The Balaban J connectivity index is 1.73. The van der Waals surface area contributed by atoms with Crippen molar-refractivity contribution in [1.82, 2.24) is 15.3 Å². The van der Waals surface area contributed by atoms with Gasteiger partial charge in [-0.05, 0) is 62.8 Å². The number of nitrogens with one attached hydrogen (secondary N) is 2. The minimum Gasteiger partial charge on any atom is -0.347 e. The molecule has 0 aliphatic heterocycles. The van der Waals surface area contributed by atoms with Crippen LogP contribution in [0.4, 0.5) is 13.2 Å². The van der Waals surface area contributed by atoms with E-state index in [4.69, 9.17) is 0 Å². The number of aromatic amines is 1. The third kappa shape index (κ3) is 4.10. The Kier molecular flexibility index (Phi) is 5.32. The number of nitrogens with zero attached hydrogens (tertiary/aromatic N) is 1. The highest BCUT2D eigenvalue weighted by Crippen LogP contribution is 2.43. The van der Waals surface area contributed by atoms with Gasteiger partial charge >= 0.3 is 11.9 Å². The van der Waals surface area contributed by atoms with Gasteiger partial charge in [0.2, 0.25) is 5.91 Å². The van der Waals surface area contributed by atoms with Gasteiger partial charge in [0.05, 0.1) is 11.1 Å². The molecular weight excluding hydrogens is 371 g/mol. The minimum atomic E-state index is -4.42. The van der Waals surface area contributed by atoms with Crippen molar-refractivity contribution >= 4 is 5.91 Å². The van der Waals surface area contributed by atoms with E-state index >= 15 is 0 Å². The van der Waals surface area contributed by atoms with Crippen molar-refractivity contribution in [3.8, 4) is 0 Å². The van der Waals surface area contributed by atoms with E-state index in [1.165, 1.54) is 6.07 Å². The van der Waals surface area contributed by atoms with E-state index in [9.17, 15) is 22.8 Å². The predicted octanol–water partition coefficient (Wildman–Crippen LogP) is 3.53. The fourth-order valence-electron chi connectivity index (χ4n) is 3.70. The van der Waals surface area contributed by atoms with Gasteiger partial charge in [0.15, 0.2) is 0 Å². The predicted molar refractivity (Wildman–Crippen MR) is 97.8 cm³/mol. The van der Waals surface area contributed by atoms with Crippen molar-refractivity contribution in [2.75, 3.05) is 0 Å². The van der Waals surface area contributed by atoms with Crippen molar-refractivity contribution in [2.45, 2.75) is 57.7 Å². The molecule has 1 fully saturated rings. The Labute approximate surface area is 160 Å². The number of hydrogen-bond acceptors (Lipinski definition) is 3. The van der Waals surface area contributed by atoms with Crippen molar-refractivity contribution in [3.63, 3.8) is 0 Å². The van der Waals surface area contributed by atoms with Crippen LogP contribution in [-0.4, -0.2) is 15.9 Å². The van der Waals surface area contributed by atoms with Crippen LogP contribution in [0.15, 0.2) is 29.1 Å². The molecule has 2 N–H and O–H groups in total. The second-order valence-corrected chi connectivity index (χ2v) is 7.29. The van der Waals surface area contributed by atoms with Gasteiger partial charge in [-0.15, -0.1) is 0 Å². The van der Waals surface area contributed by atoms with Gasteiger partial charge in [0.25, 0.3) is 0 Å². The second kappa shape index (κ2) is 7.41. The first kappa shape index (κ1) is 20.1. The first-order valence-corrected chi connectivity index (χ1v) is 9.16. The quantitative estimate of drug-likeness (QED) is 0.816. The maximum Gasteiger partial charge on any atom is 0.416 e. The number of H-pyrrole nitrogens is 1. The number of halogens is 3. The lowest BCUT2D eigenvalue weighted by molar-refractivity contribution is -0.137. The molecule has 0 saturated heterocycles. The molecule has 0 spiro atoms. The van der Waals surface area contributed by atoms with Crippen LogP contribution in [0.2, 0.25) is 0 Å². The Morgan fingerprint density at radius 1 is 1.29 bits per heavy atom. The highest BCUT2D eigenvalue weighted by Gasteiger charge is 2.41. The maximum absolute atomic E-state index is 13.0. The van der Waals surface area contributed by atoms with Gasteiger partial charge in [0.1, 0.15) is 0 Å². The molecule has 1 amide bonds. The molecule has 1 aromatic carbocycles. The molecule has 0 bridgehead atoms. The average Bonchev–Trinajstić information content (AvgIpc) is 2.56. The van der Waals surface area contributed by atoms with Crippen LogP contribution < -0.4 is 11.0 Å². The van der Waals surface area contributed by atoms with Gasteiger partial charge < -0.3 is 10.3 Å². The fourth-order valence-corrected chi connectivity index (χ4v) is 3.70. The number of benzene rings is 1. The topological polar surface area (TPSA) is 74.8 Å². The number of carbonyl (C=O) groups excluding carboxylic acids is 1. The van der Waals surface area contributed by atoms with Crippen LogP contribution >= 0.6 is 0 Å². The van der Waals surface area contributed by atoms with E-state index in [0.717, 1.165) is 24.1 Å². The minimum absolute atomic E-state index is 0.163. The summed E-state index contributed by atoms with van der Waals surface area (Å²) in [7, 11) is 0. The van der Waals surface area contributed by atoms with Crippen molar-refractivity contribution < 1.29 is 18.0 Å². The van der Waals surface area contributed by atoms with E-state index in [1.807, 2.05) is 0 Å². The molecule has 1 aliphatic carbocycles. The number of alkyl halides is 3. The number of hydrogen-bond donors (Lipinski definition) is 2. The molecule has 8 heteroatoms. The van der Waals surface area contributed by atoms with Crippen LogP contribution in [0.25, 0.3) is 0 Å². The zero-order valence-corrected chi connectivity index (χ0v) is 15.7. The monoisotopic (exact) mass is 393 g/mol. The highest BCUT2D eigenvalue weighted by molar-refractivity contribution is 5.77. The Bertz CT molecular complexity index is 920. The van der Waals surface area contributed by atoms with Crippen LogP contribution in [-0.2, 0) is 22.9 Å². The van der Waals surface area contributed by atoms with Gasteiger partial charge in [0, 0.05) is 17.8 Å². The third-order valence-electron chi connectivity index (χ3n) is 5.38. The van der Waals surface area contributed by atoms with E-state index in [2.05, 4.69) is 15.3 Å². The summed E-state index contributed by atoms with van der Waals surface area (Å²) in [5.41, 5.74) is 0.645. The summed E-state index contributed by atoms with van der Waals surface area (Å²) in [5, 5.41) is 2.95. The standard InChI is InChI=1S/C20H22F3N3O2/c1-12-16(13(2)25-18(28)24-12)7-8-17(27)26-19(9-4-10-19)14-5-3-6-15(11-14)20(21,22)23/h3,5-6,11H,4,7-10H2,1-2H3,(H,26,27)(H,24,25,28). The smallest absolute Gasteiger partial charge is 0.347 e. The Hall–Kier alpha value is -2.64. The summed E-state index contributed by atoms with van der Waals surface area (Å²) in [5.74, 6) is -0.234. The van der Waals surface area contributed by atoms with Crippen LogP contribution in [0, 0.1) is 13.8 Å². The lowest BCUT2D eigenvalue weighted by Gasteiger charge is -2.43. The number of carbonyl (C=O) groups is 1. The summed E-state index contributed by atoms with van der Waals surface area (Å²) >= 11 is 0. The summed E-state index contributed by atoms with van der Waals surface area (Å²) in [6.45, 7) is 3.46. The first-order chi connectivity index (χ1) is 13.1. The van der Waals surface area contributed by atoms with E-state index in [1.54, 1.807) is 19.9 Å². The molecule has 2 aromatic rings. The van der Waals surface area contributed by atoms with Crippen molar-refractivity contribution in [2.24, 2.45) is 0 Å². The van der Waals surface area contributed by atoms with Gasteiger partial charge in [-0.1, -0.05) is 12.1 Å². The summed E-state index contributed by atoms with van der Waals surface area (Å²) < 4.78 is 39.1.